The zero-order valence-corrected chi connectivity index (χ0v) is 12.7. The fraction of sp³-hybridized carbons (Fsp3) is 0.533. The lowest BCUT2D eigenvalue weighted by atomic mass is 10.1. The van der Waals surface area contributed by atoms with Crippen LogP contribution in [0.15, 0.2) is 12.1 Å². The Morgan fingerprint density at radius 3 is 3.00 bits per heavy atom. The van der Waals surface area contributed by atoms with E-state index in [-0.39, 0.29) is 12.5 Å². The van der Waals surface area contributed by atoms with Gasteiger partial charge in [-0.15, -0.1) is 0 Å². The third-order valence-corrected chi connectivity index (χ3v) is 3.66. The Morgan fingerprint density at radius 1 is 1.45 bits per heavy atom. The highest BCUT2D eigenvalue weighted by molar-refractivity contribution is 6.33. The molecule has 0 aromatic heterocycles. The summed E-state index contributed by atoms with van der Waals surface area (Å²) < 4.78 is 5.40. The summed E-state index contributed by atoms with van der Waals surface area (Å²) in [5.74, 6) is 0.513. The topological polar surface area (TPSA) is 50.4 Å². The van der Waals surface area contributed by atoms with E-state index in [1.165, 1.54) is 19.3 Å². The fourth-order valence-electron chi connectivity index (χ4n) is 2.25. The molecule has 4 nitrogen and oxygen atoms in total. The van der Waals surface area contributed by atoms with Crippen LogP contribution in [-0.2, 0) is 4.79 Å². The van der Waals surface area contributed by atoms with Gasteiger partial charge in [0.2, 0.25) is 0 Å². The van der Waals surface area contributed by atoms with Gasteiger partial charge in [0, 0.05) is 12.1 Å². The number of carbonyl (C=O) groups is 1. The van der Waals surface area contributed by atoms with Crippen molar-refractivity contribution in [2.45, 2.75) is 45.6 Å². The highest BCUT2D eigenvalue weighted by Gasteiger charge is 2.18. The fourth-order valence-corrected chi connectivity index (χ4v) is 2.47. The molecule has 0 saturated carbocycles. The number of anilines is 2. The van der Waals surface area contributed by atoms with Crippen molar-refractivity contribution in [3.8, 4) is 5.75 Å². The molecule has 1 aliphatic heterocycles. The van der Waals surface area contributed by atoms with Crippen LogP contribution in [0.4, 0.5) is 11.4 Å². The average Bonchev–Trinajstić information content (AvgIpc) is 2.40. The normalized spacial score (nSPS) is 15.1. The molecule has 2 rings (SSSR count). The Balaban J connectivity index is 2.03. The zero-order chi connectivity index (χ0) is 14.5. The van der Waals surface area contributed by atoms with Gasteiger partial charge in [-0.25, -0.2) is 0 Å². The SMILES string of the molecule is CCCCCC(C)Nc1cc2c(cc1Cl)NC(=O)CO2. The Hall–Kier alpha value is -1.42. The maximum atomic E-state index is 11.3. The summed E-state index contributed by atoms with van der Waals surface area (Å²) in [4.78, 5) is 11.3. The zero-order valence-electron chi connectivity index (χ0n) is 12.0. The lowest BCUT2D eigenvalue weighted by Crippen LogP contribution is -2.25. The van der Waals surface area contributed by atoms with Gasteiger partial charge in [-0.2, -0.15) is 0 Å². The molecule has 0 spiro atoms. The maximum absolute atomic E-state index is 11.3. The first-order valence-electron chi connectivity index (χ1n) is 7.13. The minimum Gasteiger partial charge on any atom is -0.482 e. The number of benzene rings is 1. The van der Waals surface area contributed by atoms with E-state index in [1.54, 1.807) is 6.07 Å². The van der Waals surface area contributed by atoms with Crippen LogP contribution < -0.4 is 15.4 Å². The number of halogens is 1. The molecule has 0 radical (unpaired) electrons. The average molecular weight is 297 g/mol. The van der Waals surface area contributed by atoms with Gasteiger partial charge in [-0.1, -0.05) is 37.8 Å². The second-order valence-corrected chi connectivity index (χ2v) is 5.61. The summed E-state index contributed by atoms with van der Waals surface area (Å²) in [6.45, 7) is 4.40. The molecule has 0 bridgehead atoms. The predicted molar refractivity (Wildman–Crippen MR) is 82.8 cm³/mol. The lowest BCUT2D eigenvalue weighted by molar-refractivity contribution is -0.118. The van der Waals surface area contributed by atoms with Crippen molar-refractivity contribution in [1.29, 1.82) is 0 Å². The van der Waals surface area contributed by atoms with Gasteiger partial charge in [-0.05, 0) is 19.4 Å². The summed E-state index contributed by atoms with van der Waals surface area (Å²) in [6, 6.07) is 3.94. The van der Waals surface area contributed by atoms with E-state index in [4.69, 9.17) is 16.3 Å². The summed E-state index contributed by atoms with van der Waals surface area (Å²) >= 11 is 6.24. The maximum Gasteiger partial charge on any atom is 0.262 e. The van der Waals surface area contributed by atoms with Crippen molar-refractivity contribution in [3.05, 3.63) is 17.2 Å². The standard InChI is InChI=1S/C15H21ClN2O2/c1-3-4-5-6-10(2)17-12-8-14-13(7-11(12)16)18-15(19)9-20-14/h7-8,10,17H,3-6,9H2,1-2H3,(H,18,19). The first kappa shape index (κ1) is 15.0. The molecule has 110 valence electrons. The molecule has 20 heavy (non-hydrogen) atoms. The van der Waals surface area contributed by atoms with Crippen LogP contribution in [0.2, 0.25) is 5.02 Å². The second kappa shape index (κ2) is 6.84. The minimum atomic E-state index is -0.151. The smallest absolute Gasteiger partial charge is 0.262 e. The number of ether oxygens (including phenoxy) is 1. The van der Waals surface area contributed by atoms with Crippen molar-refractivity contribution in [2.75, 3.05) is 17.2 Å². The minimum absolute atomic E-state index is 0.0557. The molecule has 0 aliphatic carbocycles. The van der Waals surface area contributed by atoms with Crippen molar-refractivity contribution in [2.24, 2.45) is 0 Å². The number of rotatable bonds is 6. The molecule has 1 heterocycles. The van der Waals surface area contributed by atoms with Crippen LogP contribution in [0.5, 0.6) is 5.75 Å². The van der Waals surface area contributed by atoms with Gasteiger partial charge < -0.3 is 15.4 Å². The molecule has 2 N–H and O–H groups in total. The predicted octanol–water partition coefficient (Wildman–Crippen LogP) is 4.05. The van der Waals surface area contributed by atoms with Gasteiger partial charge in [0.25, 0.3) is 5.91 Å². The number of amides is 1. The van der Waals surface area contributed by atoms with Crippen molar-refractivity contribution < 1.29 is 9.53 Å². The lowest BCUT2D eigenvalue weighted by Gasteiger charge is -2.22. The molecule has 1 aromatic carbocycles. The number of carbonyl (C=O) groups excluding carboxylic acids is 1. The van der Waals surface area contributed by atoms with E-state index in [9.17, 15) is 4.79 Å². The molecule has 1 unspecified atom stereocenters. The number of nitrogens with one attached hydrogen (secondary N) is 2. The van der Waals surface area contributed by atoms with Crippen molar-refractivity contribution in [1.82, 2.24) is 0 Å². The first-order chi connectivity index (χ1) is 9.60. The first-order valence-corrected chi connectivity index (χ1v) is 7.50. The molecule has 1 atom stereocenters. The van der Waals surface area contributed by atoms with Gasteiger partial charge in [-0.3, -0.25) is 4.79 Å². The van der Waals surface area contributed by atoms with Crippen LogP contribution in [0.25, 0.3) is 0 Å². The summed E-state index contributed by atoms with van der Waals surface area (Å²) in [5.41, 5.74) is 1.49. The highest BCUT2D eigenvalue weighted by atomic mass is 35.5. The van der Waals surface area contributed by atoms with Crippen LogP contribution in [0.1, 0.15) is 39.5 Å². The number of hydrogen-bond acceptors (Lipinski definition) is 3. The third-order valence-electron chi connectivity index (χ3n) is 3.34. The van der Waals surface area contributed by atoms with Crippen molar-refractivity contribution >= 4 is 28.9 Å². The number of unbranched alkanes of at least 4 members (excludes halogenated alkanes) is 2. The van der Waals surface area contributed by atoms with E-state index >= 15 is 0 Å². The van der Waals surface area contributed by atoms with Crippen LogP contribution >= 0.6 is 11.6 Å². The highest BCUT2D eigenvalue weighted by Crippen LogP contribution is 2.36. The molecule has 1 aliphatic rings. The van der Waals surface area contributed by atoms with E-state index in [1.807, 2.05) is 6.07 Å². The van der Waals surface area contributed by atoms with Crippen LogP contribution in [-0.4, -0.2) is 18.6 Å². The molecule has 0 saturated heterocycles. The molecular formula is C15H21ClN2O2. The second-order valence-electron chi connectivity index (χ2n) is 5.21. The Bertz CT molecular complexity index is 491. The van der Waals surface area contributed by atoms with E-state index in [0.29, 0.717) is 22.5 Å². The van der Waals surface area contributed by atoms with E-state index in [0.717, 1.165) is 12.1 Å². The summed E-state index contributed by atoms with van der Waals surface area (Å²) in [7, 11) is 0. The third kappa shape index (κ3) is 3.79. The number of fused-ring (bicyclic) bond motifs is 1. The summed E-state index contributed by atoms with van der Waals surface area (Å²) in [6.07, 6.45) is 4.79. The monoisotopic (exact) mass is 296 g/mol. The van der Waals surface area contributed by atoms with E-state index in [2.05, 4.69) is 24.5 Å². The molecule has 0 fully saturated rings. The van der Waals surface area contributed by atoms with Gasteiger partial charge in [0.05, 0.1) is 16.4 Å². The van der Waals surface area contributed by atoms with Crippen LogP contribution in [0, 0.1) is 0 Å². The number of hydrogen-bond donors (Lipinski definition) is 2. The molecule has 1 amide bonds. The Labute approximate surface area is 124 Å². The van der Waals surface area contributed by atoms with Gasteiger partial charge >= 0.3 is 0 Å². The Morgan fingerprint density at radius 2 is 2.25 bits per heavy atom. The largest absolute Gasteiger partial charge is 0.482 e. The Kier molecular flexibility index (Phi) is 5.12. The van der Waals surface area contributed by atoms with E-state index < -0.39 is 0 Å². The van der Waals surface area contributed by atoms with Gasteiger partial charge in [0.15, 0.2) is 6.61 Å². The van der Waals surface area contributed by atoms with Crippen LogP contribution in [0.3, 0.4) is 0 Å². The summed E-state index contributed by atoms with van der Waals surface area (Å²) in [5, 5.41) is 6.75. The van der Waals surface area contributed by atoms with Gasteiger partial charge in [0.1, 0.15) is 5.75 Å². The van der Waals surface area contributed by atoms with Crippen molar-refractivity contribution in [3.63, 3.8) is 0 Å². The molecule has 5 heteroatoms. The quantitative estimate of drug-likeness (QED) is 0.779. The molecular weight excluding hydrogens is 276 g/mol. The molecule has 1 aromatic rings.